The molecule has 1 unspecified atom stereocenters. The van der Waals surface area contributed by atoms with Gasteiger partial charge in [0.05, 0.1) is 13.7 Å². The number of pyridine rings is 1. The van der Waals surface area contributed by atoms with Crippen LogP contribution in [0, 0.1) is 0 Å². The third kappa shape index (κ3) is 6.09. The number of hydrogen-bond donors (Lipinski definition) is 0. The average molecular weight is 564 g/mol. The molecule has 0 saturated carbocycles. The van der Waals surface area contributed by atoms with Crippen LogP contribution in [-0.4, -0.2) is 64.6 Å². The van der Waals surface area contributed by atoms with Gasteiger partial charge < -0.3 is 24.0 Å². The standard InChI is InChI=1S/C30H34ClN5O4/c1-30(2,3)40-29(37)35-17-15-22(19-35)34(4)28-26-25(39-24-12-8-21(31)9-13-24)14-16-32-27(26)36(33-28)18-20-6-10-23(38-5)11-7-20/h6-14,16,22H,15,17-19H2,1-5H3. The predicted octanol–water partition coefficient (Wildman–Crippen LogP) is 6.38. The van der Waals surface area contributed by atoms with Gasteiger partial charge in [0, 0.05) is 43.5 Å². The van der Waals surface area contributed by atoms with Crippen molar-refractivity contribution in [3.8, 4) is 17.2 Å². The van der Waals surface area contributed by atoms with Gasteiger partial charge in [-0.15, -0.1) is 0 Å². The number of likely N-dealkylation sites (tertiary alicyclic amines) is 1. The lowest BCUT2D eigenvalue weighted by atomic mass is 10.2. The van der Waals surface area contributed by atoms with Crippen molar-refractivity contribution in [2.24, 2.45) is 0 Å². The zero-order valence-corrected chi connectivity index (χ0v) is 24.2. The molecule has 10 heteroatoms. The van der Waals surface area contributed by atoms with E-state index in [1.165, 1.54) is 0 Å². The van der Waals surface area contributed by atoms with Crippen LogP contribution in [-0.2, 0) is 11.3 Å². The molecule has 40 heavy (non-hydrogen) atoms. The van der Waals surface area contributed by atoms with Gasteiger partial charge in [0.15, 0.2) is 11.5 Å². The van der Waals surface area contributed by atoms with E-state index >= 15 is 0 Å². The number of aromatic nitrogens is 3. The molecule has 2 aromatic carbocycles. The molecule has 0 bridgehead atoms. The molecule has 1 saturated heterocycles. The molecule has 1 fully saturated rings. The number of carbonyl (C=O) groups excluding carboxylic acids is 1. The zero-order valence-electron chi connectivity index (χ0n) is 23.4. The number of hydrogen-bond acceptors (Lipinski definition) is 7. The molecule has 1 aliphatic rings. The van der Waals surface area contributed by atoms with E-state index in [9.17, 15) is 4.79 Å². The molecule has 0 spiro atoms. The van der Waals surface area contributed by atoms with E-state index in [1.807, 2.05) is 75.0 Å². The molecule has 0 N–H and O–H groups in total. The third-order valence-electron chi connectivity index (χ3n) is 6.81. The van der Waals surface area contributed by atoms with Crippen LogP contribution >= 0.6 is 11.6 Å². The number of rotatable bonds is 7. The SMILES string of the molecule is COc1ccc(Cn2nc(N(C)C3CCN(C(=O)OC(C)(C)C)C3)c3c(Oc4ccc(Cl)cc4)ccnc32)cc1. The van der Waals surface area contributed by atoms with E-state index < -0.39 is 5.60 Å². The molecule has 1 aliphatic heterocycles. The normalized spacial score (nSPS) is 15.3. The van der Waals surface area contributed by atoms with Crippen LogP contribution < -0.4 is 14.4 Å². The first-order chi connectivity index (χ1) is 19.1. The minimum absolute atomic E-state index is 0.0450. The smallest absolute Gasteiger partial charge is 0.410 e. The lowest BCUT2D eigenvalue weighted by Crippen LogP contribution is -2.39. The Balaban J connectivity index is 1.49. The lowest BCUT2D eigenvalue weighted by molar-refractivity contribution is 0.0292. The van der Waals surface area contributed by atoms with Crippen LogP contribution in [0.4, 0.5) is 10.6 Å². The molecule has 0 radical (unpaired) electrons. The van der Waals surface area contributed by atoms with Gasteiger partial charge in [-0.05, 0) is 69.2 Å². The molecule has 1 atom stereocenters. The number of halogens is 1. The summed E-state index contributed by atoms with van der Waals surface area (Å²) >= 11 is 6.09. The van der Waals surface area contributed by atoms with Gasteiger partial charge in [-0.2, -0.15) is 5.10 Å². The van der Waals surface area contributed by atoms with Crippen molar-refractivity contribution < 1.29 is 19.0 Å². The fourth-order valence-corrected chi connectivity index (χ4v) is 4.88. The fraction of sp³-hybridized carbons (Fsp3) is 0.367. The van der Waals surface area contributed by atoms with E-state index in [0.29, 0.717) is 41.8 Å². The number of amides is 1. The molecule has 9 nitrogen and oxygen atoms in total. The molecule has 5 rings (SSSR count). The van der Waals surface area contributed by atoms with E-state index in [1.54, 1.807) is 30.3 Å². The predicted molar refractivity (Wildman–Crippen MR) is 156 cm³/mol. The van der Waals surface area contributed by atoms with E-state index in [-0.39, 0.29) is 12.1 Å². The molecule has 0 aliphatic carbocycles. The first-order valence-electron chi connectivity index (χ1n) is 13.2. The fourth-order valence-electron chi connectivity index (χ4n) is 4.75. The maximum absolute atomic E-state index is 12.7. The Hall–Kier alpha value is -3.98. The summed E-state index contributed by atoms with van der Waals surface area (Å²) in [5.74, 6) is 2.82. The highest BCUT2D eigenvalue weighted by molar-refractivity contribution is 6.30. The molecule has 210 valence electrons. The van der Waals surface area contributed by atoms with Gasteiger partial charge in [0.25, 0.3) is 0 Å². The van der Waals surface area contributed by atoms with Gasteiger partial charge in [-0.1, -0.05) is 23.7 Å². The summed E-state index contributed by atoms with van der Waals surface area (Å²) in [7, 11) is 3.65. The summed E-state index contributed by atoms with van der Waals surface area (Å²) in [5.41, 5.74) is 1.21. The van der Waals surface area contributed by atoms with Crippen molar-refractivity contribution in [1.29, 1.82) is 0 Å². The van der Waals surface area contributed by atoms with Crippen LogP contribution in [0.3, 0.4) is 0 Å². The summed E-state index contributed by atoms with van der Waals surface area (Å²) < 4.78 is 19.1. The van der Waals surface area contributed by atoms with Crippen molar-refractivity contribution in [2.75, 3.05) is 32.1 Å². The maximum Gasteiger partial charge on any atom is 0.410 e. The number of nitrogens with zero attached hydrogens (tertiary/aromatic N) is 5. The summed E-state index contributed by atoms with van der Waals surface area (Å²) in [6.45, 7) is 7.29. The number of ether oxygens (including phenoxy) is 3. The van der Waals surface area contributed by atoms with Crippen molar-refractivity contribution in [3.05, 3.63) is 71.4 Å². The van der Waals surface area contributed by atoms with Gasteiger partial charge in [-0.25, -0.2) is 14.5 Å². The van der Waals surface area contributed by atoms with E-state index in [2.05, 4.69) is 4.90 Å². The highest BCUT2D eigenvalue weighted by Gasteiger charge is 2.34. The van der Waals surface area contributed by atoms with Crippen LogP contribution in [0.1, 0.15) is 32.8 Å². The monoisotopic (exact) mass is 563 g/mol. The Morgan fingerprint density at radius 1 is 1.07 bits per heavy atom. The summed E-state index contributed by atoms with van der Waals surface area (Å²) in [4.78, 5) is 21.3. The average Bonchev–Trinajstić information content (AvgIpc) is 3.56. The van der Waals surface area contributed by atoms with Crippen LogP contribution in [0.15, 0.2) is 60.8 Å². The number of carbonyl (C=O) groups is 1. The topological polar surface area (TPSA) is 82.0 Å². The minimum Gasteiger partial charge on any atom is -0.497 e. The molecule has 2 aromatic heterocycles. The highest BCUT2D eigenvalue weighted by atomic mass is 35.5. The largest absolute Gasteiger partial charge is 0.497 e. The van der Waals surface area contributed by atoms with Gasteiger partial charge in [0.1, 0.15) is 28.2 Å². The van der Waals surface area contributed by atoms with Crippen LogP contribution in [0.25, 0.3) is 11.0 Å². The maximum atomic E-state index is 12.7. The molecular weight excluding hydrogens is 530 g/mol. The second-order valence-corrected chi connectivity index (χ2v) is 11.3. The van der Waals surface area contributed by atoms with Crippen molar-refractivity contribution in [1.82, 2.24) is 19.7 Å². The molecule has 3 heterocycles. The van der Waals surface area contributed by atoms with Crippen molar-refractivity contribution >= 4 is 34.5 Å². The highest BCUT2D eigenvalue weighted by Crippen LogP contribution is 2.37. The summed E-state index contributed by atoms with van der Waals surface area (Å²) in [6.07, 6.45) is 2.21. The summed E-state index contributed by atoms with van der Waals surface area (Å²) in [5, 5.41) is 6.46. The number of likely N-dealkylation sites (N-methyl/N-ethyl adjacent to an activating group) is 1. The molecule has 4 aromatic rings. The Morgan fingerprint density at radius 2 is 1.77 bits per heavy atom. The Kier molecular flexibility index (Phi) is 7.76. The van der Waals surface area contributed by atoms with Gasteiger partial charge >= 0.3 is 6.09 Å². The zero-order chi connectivity index (χ0) is 28.4. The van der Waals surface area contributed by atoms with Crippen molar-refractivity contribution in [2.45, 2.75) is 45.4 Å². The number of fused-ring (bicyclic) bond motifs is 1. The number of anilines is 1. The van der Waals surface area contributed by atoms with Gasteiger partial charge in [0.2, 0.25) is 0 Å². The summed E-state index contributed by atoms with van der Waals surface area (Å²) in [6, 6.07) is 17.0. The quantitative estimate of drug-likeness (QED) is 0.258. The van der Waals surface area contributed by atoms with E-state index in [4.69, 9.17) is 35.9 Å². The van der Waals surface area contributed by atoms with Gasteiger partial charge in [-0.3, -0.25) is 0 Å². The Bertz CT molecular complexity index is 1480. The number of methoxy groups -OCH3 is 1. The van der Waals surface area contributed by atoms with Crippen LogP contribution in [0.2, 0.25) is 5.02 Å². The van der Waals surface area contributed by atoms with E-state index in [0.717, 1.165) is 28.9 Å². The van der Waals surface area contributed by atoms with Crippen LogP contribution in [0.5, 0.6) is 17.2 Å². The second-order valence-electron chi connectivity index (χ2n) is 10.9. The van der Waals surface area contributed by atoms with Crippen molar-refractivity contribution in [3.63, 3.8) is 0 Å². The first kappa shape index (κ1) is 27.6. The molecular formula is C30H34ClN5O4. The second kappa shape index (κ2) is 11.3. The third-order valence-corrected chi connectivity index (χ3v) is 7.06. The Morgan fingerprint density at radius 3 is 2.45 bits per heavy atom. The first-order valence-corrected chi connectivity index (χ1v) is 13.6. The number of benzene rings is 2. The Labute approximate surface area is 239 Å². The molecule has 1 amide bonds. The lowest BCUT2D eigenvalue weighted by Gasteiger charge is -2.27. The minimum atomic E-state index is -0.545.